The number of Topliss-reactive ketones (excluding diaryl/α,β-unsaturated/α-hetero) is 2. The summed E-state index contributed by atoms with van der Waals surface area (Å²) in [7, 11) is 0. The molecule has 0 aliphatic heterocycles. The molecule has 2 aliphatic rings. The second-order valence-corrected chi connectivity index (χ2v) is 6.70. The zero-order valence-corrected chi connectivity index (χ0v) is 15.6. The van der Waals surface area contributed by atoms with Crippen LogP contribution in [-0.4, -0.2) is 36.7 Å². The Balaban J connectivity index is 0.000000251. The highest BCUT2D eigenvalue weighted by molar-refractivity contribution is 6.03. The van der Waals surface area contributed by atoms with Gasteiger partial charge in [0.2, 0.25) is 0 Å². The van der Waals surface area contributed by atoms with Crippen molar-refractivity contribution in [3.8, 4) is 0 Å². The molecule has 0 spiro atoms. The quantitative estimate of drug-likeness (QED) is 0.570. The highest BCUT2D eigenvalue weighted by atomic mass is 16.5. The van der Waals surface area contributed by atoms with Gasteiger partial charge in [-0.2, -0.15) is 0 Å². The maximum absolute atomic E-state index is 11.5. The first-order valence-electron chi connectivity index (χ1n) is 9.26. The van der Waals surface area contributed by atoms with E-state index in [1.165, 1.54) is 0 Å². The number of ketones is 2. The van der Waals surface area contributed by atoms with Crippen LogP contribution in [-0.2, 0) is 28.7 Å². The van der Waals surface area contributed by atoms with Gasteiger partial charge in [-0.15, -0.1) is 0 Å². The molecule has 0 saturated heterocycles. The van der Waals surface area contributed by atoms with Crippen LogP contribution in [0.2, 0.25) is 0 Å². The van der Waals surface area contributed by atoms with Crippen molar-refractivity contribution in [3.63, 3.8) is 0 Å². The third kappa shape index (κ3) is 5.94. The first-order chi connectivity index (χ1) is 11.9. The second-order valence-electron chi connectivity index (χ2n) is 6.70. The van der Waals surface area contributed by atoms with Gasteiger partial charge in [-0.1, -0.05) is 12.8 Å². The van der Waals surface area contributed by atoms with Gasteiger partial charge in [0.15, 0.2) is 0 Å². The molecule has 2 unspecified atom stereocenters. The van der Waals surface area contributed by atoms with Crippen molar-refractivity contribution >= 4 is 23.5 Å². The lowest BCUT2D eigenvalue weighted by Crippen LogP contribution is -2.40. The summed E-state index contributed by atoms with van der Waals surface area (Å²) in [5, 5.41) is 0. The van der Waals surface area contributed by atoms with Crippen molar-refractivity contribution in [1.29, 1.82) is 0 Å². The maximum Gasteiger partial charge on any atom is 0.319 e. The Hall–Kier alpha value is -1.72. The number of carbonyl (C=O) groups excluding carboxylic acids is 4. The van der Waals surface area contributed by atoms with Crippen LogP contribution in [0.15, 0.2) is 0 Å². The Morgan fingerprint density at radius 1 is 1.00 bits per heavy atom. The first kappa shape index (κ1) is 21.3. The van der Waals surface area contributed by atoms with Crippen LogP contribution in [0.5, 0.6) is 0 Å². The van der Waals surface area contributed by atoms with Crippen molar-refractivity contribution < 1.29 is 28.7 Å². The van der Waals surface area contributed by atoms with E-state index >= 15 is 0 Å². The molecule has 2 aliphatic carbocycles. The van der Waals surface area contributed by atoms with E-state index in [2.05, 4.69) is 0 Å². The Bertz CT molecular complexity index is 498. The van der Waals surface area contributed by atoms with Crippen LogP contribution in [0.25, 0.3) is 0 Å². The predicted molar refractivity (Wildman–Crippen MR) is 91.8 cm³/mol. The van der Waals surface area contributed by atoms with Gasteiger partial charge in [-0.3, -0.25) is 19.2 Å². The van der Waals surface area contributed by atoms with Gasteiger partial charge in [0.1, 0.15) is 22.9 Å². The average molecular weight is 354 g/mol. The minimum absolute atomic E-state index is 0.0391. The molecule has 6 nitrogen and oxygen atoms in total. The SMILES string of the molecule is CCOC(=O)C1(C)CCCCC1=O.CCOC(=O)C1CCCCC1=O. The fourth-order valence-corrected chi connectivity index (χ4v) is 3.16. The summed E-state index contributed by atoms with van der Waals surface area (Å²) in [5.74, 6) is -1.04. The smallest absolute Gasteiger partial charge is 0.319 e. The van der Waals surface area contributed by atoms with E-state index in [4.69, 9.17) is 9.47 Å². The molecule has 0 aromatic carbocycles. The zero-order chi connectivity index (χ0) is 18.9. The van der Waals surface area contributed by atoms with Gasteiger partial charge < -0.3 is 9.47 Å². The summed E-state index contributed by atoms with van der Waals surface area (Å²) in [5.41, 5.74) is -0.853. The number of esters is 2. The van der Waals surface area contributed by atoms with E-state index in [0.717, 1.165) is 25.7 Å². The largest absolute Gasteiger partial charge is 0.465 e. The summed E-state index contributed by atoms with van der Waals surface area (Å²) in [6.45, 7) is 5.93. The van der Waals surface area contributed by atoms with Crippen molar-refractivity contribution in [2.75, 3.05) is 13.2 Å². The summed E-state index contributed by atoms with van der Waals surface area (Å²) in [4.78, 5) is 45.4. The molecule has 2 fully saturated rings. The van der Waals surface area contributed by atoms with Gasteiger partial charge in [0, 0.05) is 12.8 Å². The molecule has 2 rings (SSSR count). The van der Waals surface area contributed by atoms with E-state index in [1.807, 2.05) is 0 Å². The summed E-state index contributed by atoms with van der Waals surface area (Å²) < 4.78 is 9.69. The zero-order valence-electron chi connectivity index (χ0n) is 15.6. The Kier molecular flexibility index (Phi) is 8.79. The standard InChI is InChI=1S/C10H16O3.C9H14O3/c1-3-13-9(12)10(2)7-5-4-6-8(10)11;1-2-12-9(11)7-5-3-4-6-8(7)10/h3-7H2,1-2H3;7H,2-6H2,1H3. The number of hydrogen-bond acceptors (Lipinski definition) is 6. The van der Waals surface area contributed by atoms with E-state index in [9.17, 15) is 19.2 Å². The van der Waals surface area contributed by atoms with Crippen LogP contribution in [0.1, 0.15) is 72.1 Å². The normalized spacial score (nSPS) is 26.3. The molecule has 2 saturated carbocycles. The van der Waals surface area contributed by atoms with Crippen LogP contribution < -0.4 is 0 Å². The molecule has 0 bridgehead atoms. The van der Waals surface area contributed by atoms with Gasteiger partial charge in [0.05, 0.1) is 13.2 Å². The van der Waals surface area contributed by atoms with E-state index in [-0.39, 0.29) is 23.5 Å². The Morgan fingerprint density at radius 2 is 1.64 bits per heavy atom. The molecule has 0 amide bonds. The third-order valence-corrected chi connectivity index (χ3v) is 4.80. The fourth-order valence-electron chi connectivity index (χ4n) is 3.16. The molecular formula is C19H30O6. The van der Waals surface area contributed by atoms with Crippen molar-refractivity contribution in [2.45, 2.75) is 72.1 Å². The van der Waals surface area contributed by atoms with E-state index in [0.29, 0.717) is 38.9 Å². The topological polar surface area (TPSA) is 86.7 Å². The van der Waals surface area contributed by atoms with Crippen LogP contribution in [0, 0.1) is 11.3 Å². The average Bonchev–Trinajstić information content (AvgIpc) is 2.59. The summed E-state index contributed by atoms with van der Waals surface area (Å²) in [6.07, 6.45) is 6.14. The van der Waals surface area contributed by atoms with Crippen LogP contribution >= 0.6 is 0 Å². The first-order valence-corrected chi connectivity index (χ1v) is 9.26. The monoisotopic (exact) mass is 354 g/mol. The molecule has 0 radical (unpaired) electrons. The van der Waals surface area contributed by atoms with Crippen LogP contribution in [0.3, 0.4) is 0 Å². The molecule has 0 aromatic heterocycles. The number of rotatable bonds is 4. The molecule has 2 atom stereocenters. The number of ether oxygens (including phenoxy) is 2. The van der Waals surface area contributed by atoms with Crippen molar-refractivity contribution in [3.05, 3.63) is 0 Å². The van der Waals surface area contributed by atoms with Crippen molar-refractivity contribution in [2.24, 2.45) is 11.3 Å². The Morgan fingerprint density at radius 3 is 2.20 bits per heavy atom. The molecule has 0 N–H and O–H groups in total. The second kappa shape index (κ2) is 10.3. The molecule has 0 heterocycles. The lowest BCUT2D eigenvalue weighted by Gasteiger charge is -2.29. The maximum atomic E-state index is 11.5. The summed E-state index contributed by atoms with van der Waals surface area (Å²) >= 11 is 0. The highest BCUT2D eigenvalue weighted by Crippen LogP contribution is 2.33. The van der Waals surface area contributed by atoms with E-state index < -0.39 is 11.3 Å². The Labute approximate surface area is 149 Å². The minimum atomic E-state index is -0.853. The molecule has 142 valence electrons. The van der Waals surface area contributed by atoms with Crippen LogP contribution in [0.4, 0.5) is 0 Å². The molecular weight excluding hydrogens is 324 g/mol. The highest BCUT2D eigenvalue weighted by Gasteiger charge is 2.43. The molecule has 6 heteroatoms. The summed E-state index contributed by atoms with van der Waals surface area (Å²) in [6, 6.07) is 0. The lowest BCUT2D eigenvalue weighted by atomic mass is 9.75. The number of hydrogen-bond donors (Lipinski definition) is 0. The lowest BCUT2D eigenvalue weighted by molar-refractivity contribution is -0.161. The van der Waals surface area contributed by atoms with Crippen molar-refractivity contribution in [1.82, 2.24) is 0 Å². The minimum Gasteiger partial charge on any atom is -0.465 e. The number of carbonyl (C=O) groups is 4. The van der Waals surface area contributed by atoms with E-state index in [1.54, 1.807) is 20.8 Å². The third-order valence-electron chi connectivity index (χ3n) is 4.80. The predicted octanol–water partition coefficient (Wildman–Crippen LogP) is 3.01. The van der Waals surface area contributed by atoms with Gasteiger partial charge in [-0.25, -0.2) is 0 Å². The van der Waals surface area contributed by atoms with Gasteiger partial charge in [0.25, 0.3) is 0 Å². The molecule has 25 heavy (non-hydrogen) atoms. The van der Waals surface area contributed by atoms with Gasteiger partial charge >= 0.3 is 11.9 Å². The fraction of sp³-hybridized carbons (Fsp3) is 0.789. The molecule has 0 aromatic rings. The van der Waals surface area contributed by atoms with Gasteiger partial charge in [-0.05, 0) is 46.5 Å².